The van der Waals surface area contributed by atoms with E-state index in [1.54, 1.807) is 0 Å². The summed E-state index contributed by atoms with van der Waals surface area (Å²) in [7, 11) is 3.95. The lowest BCUT2D eigenvalue weighted by molar-refractivity contribution is 0.0954. The first-order valence-electron chi connectivity index (χ1n) is 6.82. The van der Waals surface area contributed by atoms with Crippen molar-refractivity contribution in [3.8, 4) is 0 Å². The van der Waals surface area contributed by atoms with Crippen LogP contribution in [0.2, 0.25) is 0 Å². The lowest BCUT2D eigenvalue weighted by Gasteiger charge is -2.14. The van der Waals surface area contributed by atoms with Crippen LogP contribution in [0.25, 0.3) is 0 Å². The van der Waals surface area contributed by atoms with Gasteiger partial charge in [-0.2, -0.15) is 0 Å². The molecule has 0 heterocycles. The molecule has 0 aliphatic rings. The number of rotatable bonds is 5. The fourth-order valence-corrected chi connectivity index (χ4v) is 2.44. The van der Waals surface area contributed by atoms with Gasteiger partial charge in [0.15, 0.2) is 0 Å². The minimum absolute atomic E-state index is 0.0549. The maximum Gasteiger partial charge on any atom is 0.251 e. The monoisotopic (exact) mass is 346 g/mol. The van der Waals surface area contributed by atoms with Crippen LogP contribution in [-0.4, -0.2) is 26.5 Å². The van der Waals surface area contributed by atoms with Crippen LogP contribution in [0.3, 0.4) is 0 Å². The Hall–Kier alpha value is -1.81. The smallest absolute Gasteiger partial charge is 0.251 e. The summed E-state index contributed by atoms with van der Waals surface area (Å²) in [6.07, 6.45) is 0. The van der Waals surface area contributed by atoms with Gasteiger partial charge in [0.2, 0.25) is 0 Å². The quantitative estimate of drug-likeness (QED) is 0.838. The van der Waals surface area contributed by atoms with Crippen molar-refractivity contribution in [1.82, 2.24) is 5.32 Å². The number of carbonyl (C=O) groups excluding carboxylic acids is 1. The number of benzene rings is 2. The maximum atomic E-state index is 12.1. The Morgan fingerprint density at radius 3 is 2.29 bits per heavy atom. The van der Waals surface area contributed by atoms with Crippen molar-refractivity contribution in [2.45, 2.75) is 4.83 Å². The Balaban J connectivity index is 1.92. The second-order valence-electron chi connectivity index (χ2n) is 5.03. The fraction of sp³-hybridized carbons (Fsp3) is 0.235. The molecule has 1 atom stereocenters. The highest BCUT2D eigenvalue weighted by atomic mass is 79.9. The summed E-state index contributed by atoms with van der Waals surface area (Å²) in [6.45, 7) is 0.554. The number of nitrogens with one attached hydrogen (secondary N) is 1. The molecule has 0 spiro atoms. The van der Waals surface area contributed by atoms with Crippen LogP contribution < -0.4 is 10.2 Å². The minimum atomic E-state index is -0.0549. The molecular weight excluding hydrogens is 328 g/mol. The number of hydrogen-bond donors (Lipinski definition) is 1. The first-order chi connectivity index (χ1) is 10.1. The highest BCUT2D eigenvalue weighted by Crippen LogP contribution is 2.21. The molecule has 4 heteroatoms. The lowest BCUT2D eigenvalue weighted by atomic mass is 10.1. The van der Waals surface area contributed by atoms with Crippen LogP contribution in [0.15, 0.2) is 54.6 Å². The standard InChI is InChI=1S/C17H19BrN2O/c1-20(2)15-10-8-14(9-11-15)17(21)19-12-16(18)13-6-4-3-5-7-13/h3-11,16H,12H2,1-2H3,(H,19,21). The lowest BCUT2D eigenvalue weighted by Crippen LogP contribution is -2.26. The first-order valence-corrected chi connectivity index (χ1v) is 7.74. The van der Waals surface area contributed by atoms with Crippen molar-refractivity contribution in [2.75, 3.05) is 25.5 Å². The molecule has 21 heavy (non-hydrogen) atoms. The SMILES string of the molecule is CN(C)c1ccc(C(=O)NCC(Br)c2ccccc2)cc1. The van der Waals surface area contributed by atoms with Crippen molar-refractivity contribution in [2.24, 2.45) is 0 Å². The van der Waals surface area contributed by atoms with E-state index in [9.17, 15) is 4.79 Å². The largest absolute Gasteiger partial charge is 0.378 e. The van der Waals surface area contributed by atoms with Crippen LogP contribution in [0, 0.1) is 0 Å². The molecule has 0 aliphatic heterocycles. The van der Waals surface area contributed by atoms with Crippen LogP contribution in [0.5, 0.6) is 0 Å². The summed E-state index contributed by atoms with van der Waals surface area (Å²) in [5, 5.41) is 2.95. The second kappa shape index (κ2) is 7.27. The molecule has 110 valence electrons. The Labute approximate surface area is 134 Å². The van der Waals surface area contributed by atoms with E-state index < -0.39 is 0 Å². The molecule has 0 aromatic heterocycles. The topological polar surface area (TPSA) is 32.3 Å². The third kappa shape index (κ3) is 4.33. The fourth-order valence-electron chi connectivity index (χ4n) is 1.98. The maximum absolute atomic E-state index is 12.1. The zero-order valence-corrected chi connectivity index (χ0v) is 13.8. The number of amides is 1. The Kier molecular flexibility index (Phi) is 5.39. The molecule has 0 aliphatic carbocycles. The minimum Gasteiger partial charge on any atom is -0.378 e. The second-order valence-corrected chi connectivity index (χ2v) is 6.13. The number of anilines is 1. The van der Waals surface area contributed by atoms with E-state index in [2.05, 4.69) is 21.2 Å². The number of carbonyl (C=O) groups is 1. The van der Waals surface area contributed by atoms with Crippen LogP contribution in [-0.2, 0) is 0 Å². The molecule has 3 nitrogen and oxygen atoms in total. The molecule has 2 aromatic rings. The zero-order valence-electron chi connectivity index (χ0n) is 12.2. The summed E-state index contributed by atoms with van der Waals surface area (Å²) in [4.78, 5) is 14.2. The van der Waals surface area contributed by atoms with Gasteiger partial charge >= 0.3 is 0 Å². The predicted molar refractivity (Wildman–Crippen MR) is 91.2 cm³/mol. The summed E-state index contributed by atoms with van der Waals surface area (Å²) in [6, 6.07) is 17.6. The van der Waals surface area contributed by atoms with E-state index in [-0.39, 0.29) is 10.7 Å². The Bertz CT molecular complexity index is 581. The van der Waals surface area contributed by atoms with Gasteiger partial charge in [-0.3, -0.25) is 4.79 Å². The Morgan fingerprint density at radius 1 is 1.10 bits per heavy atom. The third-order valence-corrected chi connectivity index (χ3v) is 4.10. The average molecular weight is 347 g/mol. The Morgan fingerprint density at radius 2 is 1.71 bits per heavy atom. The van der Waals surface area contributed by atoms with E-state index in [1.165, 1.54) is 0 Å². The van der Waals surface area contributed by atoms with Gasteiger partial charge < -0.3 is 10.2 Å². The van der Waals surface area contributed by atoms with Crippen molar-refractivity contribution in [3.63, 3.8) is 0 Å². The first kappa shape index (κ1) is 15.6. The number of hydrogen-bond acceptors (Lipinski definition) is 2. The molecule has 0 saturated heterocycles. The number of halogens is 1. The van der Waals surface area contributed by atoms with Crippen molar-refractivity contribution in [3.05, 3.63) is 65.7 Å². The zero-order chi connectivity index (χ0) is 15.2. The summed E-state index contributed by atoms with van der Waals surface area (Å²) >= 11 is 3.60. The van der Waals surface area contributed by atoms with Gasteiger partial charge in [0.1, 0.15) is 0 Å². The van der Waals surface area contributed by atoms with Crippen LogP contribution >= 0.6 is 15.9 Å². The molecule has 1 N–H and O–H groups in total. The van der Waals surface area contributed by atoms with Crippen molar-refractivity contribution < 1.29 is 4.79 Å². The van der Waals surface area contributed by atoms with Gasteiger partial charge in [0, 0.05) is 31.9 Å². The summed E-state index contributed by atoms with van der Waals surface area (Å²) in [5.74, 6) is -0.0549. The number of alkyl halides is 1. The molecule has 1 amide bonds. The van der Waals surface area contributed by atoms with Crippen LogP contribution in [0.4, 0.5) is 5.69 Å². The predicted octanol–water partition coefficient (Wildman–Crippen LogP) is 3.62. The van der Waals surface area contributed by atoms with Gasteiger partial charge in [-0.15, -0.1) is 0 Å². The van der Waals surface area contributed by atoms with Gasteiger partial charge in [-0.1, -0.05) is 46.3 Å². The highest BCUT2D eigenvalue weighted by Gasteiger charge is 2.10. The highest BCUT2D eigenvalue weighted by molar-refractivity contribution is 9.09. The number of nitrogens with zero attached hydrogens (tertiary/aromatic N) is 1. The molecule has 2 rings (SSSR count). The third-order valence-electron chi connectivity index (χ3n) is 3.25. The van der Waals surface area contributed by atoms with Gasteiger partial charge in [0.05, 0.1) is 4.83 Å². The molecule has 0 saturated carbocycles. The van der Waals surface area contributed by atoms with Gasteiger partial charge in [0.25, 0.3) is 5.91 Å². The molecular formula is C17H19BrN2O. The summed E-state index contributed by atoms with van der Waals surface area (Å²) < 4.78 is 0. The molecule has 0 bridgehead atoms. The molecule has 0 fully saturated rings. The summed E-state index contributed by atoms with van der Waals surface area (Å²) in [5.41, 5.74) is 2.91. The van der Waals surface area contributed by atoms with Gasteiger partial charge in [-0.05, 0) is 29.8 Å². The van der Waals surface area contributed by atoms with Gasteiger partial charge in [-0.25, -0.2) is 0 Å². The van der Waals surface area contributed by atoms with Crippen molar-refractivity contribution in [1.29, 1.82) is 0 Å². The average Bonchev–Trinajstić information content (AvgIpc) is 2.53. The van der Waals surface area contributed by atoms with E-state index in [1.807, 2.05) is 73.6 Å². The van der Waals surface area contributed by atoms with E-state index in [0.717, 1.165) is 11.3 Å². The molecule has 1 unspecified atom stereocenters. The van der Waals surface area contributed by atoms with Crippen LogP contribution in [0.1, 0.15) is 20.7 Å². The van der Waals surface area contributed by atoms with E-state index >= 15 is 0 Å². The molecule has 0 radical (unpaired) electrons. The van der Waals surface area contributed by atoms with E-state index in [4.69, 9.17) is 0 Å². The normalized spacial score (nSPS) is 11.8. The van der Waals surface area contributed by atoms with E-state index in [0.29, 0.717) is 12.1 Å². The molecule has 2 aromatic carbocycles. The van der Waals surface area contributed by atoms with Crippen molar-refractivity contribution >= 4 is 27.5 Å².